The molecule has 32 nitrogen and oxygen atoms in total. The van der Waals surface area contributed by atoms with Crippen molar-refractivity contribution in [3.05, 3.63) is 281 Å². The summed E-state index contributed by atoms with van der Waals surface area (Å²) < 4.78 is 87.4. The van der Waals surface area contributed by atoms with Crippen molar-refractivity contribution >= 4 is 23.8 Å². The number of ether oxygens (including phenoxy) is 4. The maximum atomic E-state index is 13.7. The fourth-order valence-corrected chi connectivity index (χ4v) is 17.4. The summed E-state index contributed by atoms with van der Waals surface area (Å²) in [5, 5.41) is 41.4. The highest BCUT2D eigenvalue weighted by molar-refractivity contribution is 5.82. The summed E-state index contributed by atoms with van der Waals surface area (Å²) in [6.07, 6.45) is 21.9. The van der Waals surface area contributed by atoms with Gasteiger partial charge in [0, 0.05) is 128 Å². The number of pyridine rings is 3. The molecule has 16 heterocycles. The smallest absolute Gasteiger partial charge is 0.316 e. The van der Waals surface area contributed by atoms with E-state index in [9.17, 15) is 33.3 Å². The van der Waals surface area contributed by atoms with Crippen LogP contribution < -0.4 is 40.2 Å². The number of unbranched alkanes of at least 4 members (excludes halogenated alkanes) is 2. The fourth-order valence-electron chi connectivity index (χ4n) is 17.4. The molecule has 0 bridgehead atoms. The monoisotopic (exact) mass is 1910 g/mol. The third kappa shape index (κ3) is 22.6. The van der Waals surface area contributed by atoms with E-state index in [-0.39, 0.29) is 47.4 Å². The largest absolute Gasteiger partial charge is 0.475 e. The molecule has 20 rings (SSSR count). The van der Waals surface area contributed by atoms with E-state index in [0.717, 1.165) is 228 Å². The molecule has 36 heteroatoms. The summed E-state index contributed by atoms with van der Waals surface area (Å²) in [6.45, 7) is 18.4. The van der Waals surface area contributed by atoms with Gasteiger partial charge in [0.1, 0.15) is 108 Å². The zero-order valence-corrected chi connectivity index (χ0v) is 79.6. The summed E-state index contributed by atoms with van der Waals surface area (Å²) in [6, 6.07) is 51.9. The molecule has 142 heavy (non-hydrogen) atoms. The second-order valence-corrected chi connectivity index (χ2v) is 34.3. The number of benzene rings is 4. The van der Waals surface area contributed by atoms with Gasteiger partial charge in [0.15, 0.2) is 0 Å². The van der Waals surface area contributed by atoms with Gasteiger partial charge in [-0.05, 0) is 236 Å². The van der Waals surface area contributed by atoms with Crippen molar-refractivity contribution in [2.24, 2.45) is 0 Å². The van der Waals surface area contributed by atoms with Gasteiger partial charge < -0.3 is 58.5 Å². The van der Waals surface area contributed by atoms with Crippen LogP contribution in [0.3, 0.4) is 0 Å². The second kappa shape index (κ2) is 45.6. The minimum Gasteiger partial charge on any atom is -0.475 e. The van der Waals surface area contributed by atoms with E-state index in [1.807, 2.05) is 52.0 Å². The molecule has 4 N–H and O–H groups in total. The SMILES string of the molecule is CCCCNc1nccc(-c2c(-c3ccc(F)cc3)nc3n2C(COc2nc(C)ccc2C#N)CC3)n1.CCCCNc1nccc(-c2c(-c3ccc(F)cc3)nc3n2C(COc2ncccn2)CC3)n1.CCCNc1nccc(-c2c(-c3ccc(F)cc3)nc3n2C(COc2nc(C)ccc2C#N)CC3)n1.CCNc1nccc(-c2c(-c3ccc(F)cc3)nc3n2C(COc2nc(C)ccc2C#N)CC3)n1. The summed E-state index contributed by atoms with van der Waals surface area (Å²) in [5.41, 5.74) is 16.1. The molecule has 4 atom stereocenters. The molecular weight excluding hydrogens is 1810 g/mol. The Morgan fingerprint density at radius 3 is 0.873 bits per heavy atom. The van der Waals surface area contributed by atoms with Crippen molar-refractivity contribution in [2.45, 2.75) is 156 Å². The normalized spacial score (nSPS) is 14.4. The van der Waals surface area contributed by atoms with Crippen LogP contribution in [0.2, 0.25) is 0 Å². The molecule has 0 amide bonds. The summed E-state index contributed by atoms with van der Waals surface area (Å²) >= 11 is 0. The maximum Gasteiger partial charge on any atom is 0.316 e. The van der Waals surface area contributed by atoms with Crippen LogP contribution in [0.15, 0.2) is 201 Å². The molecule has 4 aromatic carbocycles. The average Bonchev–Trinajstić information content (AvgIpc) is 1.61. The Morgan fingerprint density at radius 2 is 0.599 bits per heavy atom. The third-order valence-electron chi connectivity index (χ3n) is 24.3. The number of hydrogen-bond donors (Lipinski definition) is 4. The number of hydrogen-bond acceptors (Lipinski definition) is 28. The molecule has 16 aromatic rings. The van der Waals surface area contributed by atoms with Gasteiger partial charge in [0.2, 0.25) is 41.4 Å². The van der Waals surface area contributed by atoms with Gasteiger partial charge in [0.05, 0.1) is 92.5 Å². The first-order valence-corrected chi connectivity index (χ1v) is 47.6. The quantitative estimate of drug-likeness (QED) is 0.0219. The molecule has 0 saturated heterocycles. The van der Waals surface area contributed by atoms with Gasteiger partial charge in [-0.25, -0.2) is 102 Å². The van der Waals surface area contributed by atoms with Gasteiger partial charge in [-0.15, -0.1) is 0 Å². The van der Waals surface area contributed by atoms with Gasteiger partial charge in [-0.2, -0.15) is 15.8 Å². The van der Waals surface area contributed by atoms with E-state index in [0.29, 0.717) is 103 Å². The molecule has 720 valence electrons. The van der Waals surface area contributed by atoms with Crippen molar-refractivity contribution in [1.82, 2.24) is 103 Å². The number of aryl methyl sites for hydroxylation is 7. The van der Waals surface area contributed by atoms with Crippen molar-refractivity contribution < 1.29 is 36.5 Å². The molecule has 0 aliphatic carbocycles. The van der Waals surface area contributed by atoms with Crippen LogP contribution in [-0.2, 0) is 25.7 Å². The Hall–Kier alpha value is -16.8. The van der Waals surface area contributed by atoms with Crippen LogP contribution >= 0.6 is 0 Å². The number of nitriles is 3. The summed E-state index contributed by atoms with van der Waals surface area (Å²) in [4.78, 5) is 77.9. The predicted octanol–water partition coefficient (Wildman–Crippen LogP) is 20.0. The van der Waals surface area contributed by atoms with Gasteiger partial charge in [-0.1, -0.05) is 33.6 Å². The summed E-state index contributed by atoms with van der Waals surface area (Å²) in [7, 11) is 0. The highest BCUT2D eigenvalue weighted by atomic mass is 19.1. The predicted molar refractivity (Wildman–Crippen MR) is 529 cm³/mol. The first kappa shape index (κ1) is 96.8. The van der Waals surface area contributed by atoms with E-state index in [1.165, 1.54) is 48.5 Å². The van der Waals surface area contributed by atoms with Crippen LogP contribution in [0, 0.1) is 78.0 Å². The summed E-state index contributed by atoms with van der Waals surface area (Å²) in [5.74, 6) is 5.72. The number of fused-ring (bicyclic) bond motifs is 4. The fraction of sp³-hybridized carbons (Fsp3) is 0.302. The number of halogens is 4. The van der Waals surface area contributed by atoms with Crippen LogP contribution in [0.4, 0.5) is 41.4 Å². The van der Waals surface area contributed by atoms with E-state index in [1.54, 1.807) is 128 Å². The number of nitrogens with one attached hydrogen (secondary N) is 4. The molecule has 4 aliphatic heterocycles. The highest BCUT2D eigenvalue weighted by Crippen LogP contribution is 2.46. The minimum atomic E-state index is -0.302. The average molecular weight is 1910 g/mol. The van der Waals surface area contributed by atoms with Gasteiger partial charge in [0.25, 0.3) is 0 Å². The van der Waals surface area contributed by atoms with E-state index >= 15 is 0 Å². The zero-order valence-electron chi connectivity index (χ0n) is 79.6. The highest BCUT2D eigenvalue weighted by Gasteiger charge is 2.38. The Morgan fingerprint density at radius 1 is 0.317 bits per heavy atom. The lowest BCUT2D eigenvalue weighted by atomic mass is 10.1. The Kier molecular flexibility index (Phi) is 31.1. The van der Waals surface area contributed by atoms with Gasteiger partial charge in [-0.3, -0.25) is 0 Å². The molecule has 4 aliphatic rings. The van der Waals surface area contributed by atoms with Crippen molar-refractivity contribution in [2.75, 3.05) is 73.9 Å². The molecule has 12 aromatic heterocycles. The maximum absolute atomic E-state index is 13.7. The molecule has 0 fully saturated rings. The lowest BCUT2D eigenvalue weighted by Gasteiger charge is -2.18. The van der Waals surface area contributed by atoms with E-state index < -0.39 is 0 Å². The van der Waals surface area contributed by atoms with Crippen molar-refractivity contribution in [3.8, 4) is 132 Å². The van der Waals surface area contributed by atoms with Crippen molar-refractivity contribution in [3.63, 3.8) is 0 Å². The minimum absolute atomic E-state index is 0.0342. The molecule has 0 radical (unpaired) electrons. The number of aromatic nitrogens is 21. The van der Waals surface area contributed by atoms with Crippen molar-refractivity contribution in [1.29, 1.82) is 15.8 Å². The molecule has 0 saturated carbocycles. The first-order valence-electron chi connectivity index (χ1n) is 47.6. The lowest BCUT2D eigenvalue weighted by molar-refractivity contribution is 0.237. The topological polar surface area (TPSA) is 395 Å². The number of anilines is 4. The van der Waals surface area contributed by atoms with Crippen LogP contribution in [0.5, 0.6) is 23.7 Å². The van der Waals surface area contributed by atoms with E-state index in [2.05, 4.69) is 123 Å². The molecule has 4 unspecified atom stereocenters. The third-order valence-corrected chi connectivity index (χ3v) is 24.3. The van der Waals surface area contributed by atoms with Crippen LogP contribution in [0.25, 0.3) is 90.6 Å². The Balaban J connectivity index is 0.000000130. The van der Waals surface area contributed by atoms with E-state index in [4.69, 9.17) is 58.8 Å². The first-order chi connectivity index (χ1) is 69.4. The number of nitrogens with zero attached hydrogens (tertiary/aromatic N) is 24. The molecular formula is C106H104F4N28O4. The lowest BCUT2D eigenvalue weighted by Crippen LogP contribution is -2.16. The standard InChI is InChI=1S/C28H28FN7O.C27H26FN7O.C26H24FN7O.C25H26FN7O/c1-3-4-14-31-28-32-15-13-23(34-28)26-25(19-7-9-21(29)10-8-19)35-24-12-11-22(36(24)26)17-37-27-20(16-30)6-5-18(2)33-27;1-3-13-30-27-31-14-12-22(33-27)25-24(18-6-8-20(28)9-7-18)34-23-11-10-21(35(23)25)16-36-26-19(15-29)5-4-17(2)32-26;1-3-29-26-30-13-12-21(32-26)24-23(17-6-8-19(27)9-7-17)33-22-11-10-20(34(22)24)15-35-25-18(14-28)5-4-16(2)31-25;1-2-3-12-27-24-28-15-11-20(31-24)23-22(17-5-7-18(26)8-6-17)32-21-10-9-19(33(21)23)16-34-25-29-13-4-14-30-25/h5-10,13,15,22H,3-4,11-12,14,17H2,1-2H3,(H,31,32,34);4-9,12,14,21H,3,10-11,13,16H2,1-2H3,(H,30,31,33);4-9,12-13,20H,3,10-11,15H2,1-2H3,(H,29,30,32);4-8,11,13-15,19H,2-3,9-10,12,16H2,1H3,(H,27,28,31). The zero-order chi connectivity index (χ0) is 98.5. The molecule has 0 spiro atoms. The second-order valence-electron chi connectivity index (χ2n) is 34.3. The van der Waals surface area contributed by atoms with Crippen LogP contribution in [0.1, 0.15) is 167 Å². The number of imidazole rings is 4. The van der Waals surface area contributed by atoms with Crippen LogP contribution in [-0.4, -0.2) is 156 Å². The number of rotatable bonds is 33. The Bertz CT molecular complexity index is 7220. The van der Waals surface area contributed by atoms with Gasteiger partial charge >= 0.3 is 6.01 Å². The Labute approximate surface area is 818 Å².